The van der Waals surface area contributed by atoms with Crippen molar-refractivity contribution < 1.29 is 17.9 Å². The first-order valence-corrected chi connectivity index (χ1v) is 29.7. The predicted octanol–water partition coefficient (Wildman–Crippen LogP) is 11.0. The minimum Gasteiger partial charge on any atom is -0.408 e. The summed E-state index contributed by atoms with van der Waals surface area (Å²) in [6.45, 7) is 49.7. The molecule has 89 heavy (non-hydrogen) atoms. The van der Waals surface area contributed by atoms with E-state index in [2.05, 4.69) is 235 Å². The van der Waals surface area contributed by atoms with Crippen LogP contribution in [0.5, 0.6) is 0 Å². The van der Waals surface area contributed by atoms with Crippen LogP contribution in [0.1, 0.15) is 246 Å². The van der Waals surface area contributed by atoms with Crippen LogP contribution in [0.4, 0.5) is 6.01 Å². The number of aryl methyl sites for hydroxylation is 1. The van der Waals surface area contributed by atoms with Crippen LogP contribution in [0.15, 0.2) is 92.9 Å². The second kappa shape index (κ2) is 51.0. The van der Waals surface area contributed by atoms with Gasteiger partial charge in [0.25, 0.3) is 5.56 Å². The molecule has 0 aliphatic carbocycles. The quantitative estimate of drug-likeness (QED) is 0.0708. The summed E-state index contributed by atoms with van der Waals surface area (Å²) in [6, 6.07) is 2.75. The molecule has 10 heterocycles. The van der Waals surface area contributed by atoms with Crippen LogP contribution in [0.25, 0.3) is 0 Å². The summed E-state index contributed by atoms with van der Waals surface area (Å²) >= 11 is 1.67. The van der Waals surface area contributed by atoms with Gasteiger partial charge in [-0.1, -0.05) is 170 Å². The van der Waals surface area contributed by atoms with Gasteiger partial charge in [0.2, 0.25) is 11.8 Å². The smallest absolute Gasteiger partial charge is 0.408 e. The van der Waals surface area contributed by atoms with E-state index >= 15 is 0 Å². The van der Waals surface area contributed by atoms with Crippen molar-refractivity contribution in [1.82, 2.24) is 117 Å². The molecule has 0 atom stereocenters. The van der Waals surface area contributed by atoms with Crippen LogP contribution < -0.4 is 28.4 Å². The topological polar surface area (TPSA) is 469 Å². The van der Waals surface area contributed by atoms with Gasteiger partial charge in [0.1, 0.15) is 34.3 Å². The molecule has 0 bridgehead atoms. The molecule has 33 heteroatoms. The van der Waals surface area contributed by atoms with Crippen LogP contribution in [-0.4, -0.2) is 117 Å². The zero-order valence-electron chi connectivity index (χ0n) is 56.5. The highest BCUT2D eigenvalue weighted by atomic mass is 32.1. The standard InChI is InChI=1S/C6H10N2S.2C5H9N3O.2C5H9N3.C5H8N2O2.C4H8N4.3C4H10.C3H4N2.2C3H3NO2/c1-4(2)6-8-7-5(3)9-6;1-3(2)4-7-8-5(6)9-4;1-3(2)4-6-5(9)8-7-4;1-4(2)5-6-3-7-8-5;1-4(2)5-3-6-8-7-5;1-3(2)4-6-7-5(8)9-4;1-3(2)4-5-7-8-6-4;3*1-4(2)3;1-2-5-3-4-1;5-3-1-2-6-4-3;5-3-1-2-4-6-3/h4H,1-3H3;3H,1-2H3,(H2,6,8);3H,1-2H3,(H2,6,7,8,9);2*3-4H,1-2H3,(H,6,7,8);3H,1-2H3,(H,7,8);3H,1-2H3,(H,5,6,7,8);3*4H,1-3H3;1-3H,(H,4,5);1-2H,(H,4,5);1-2,4H. The summed E-state index contributed by atoms with van der Waals surface area (Å²) < 4.78 is 18.0. The number of hydrogen-bond donors (Lipinski definition) is 10. The van der Waals surface area contributed by atoms with E-state index in [9.17, 15) is 19.2 Å². The van der Waals surface area contributed by atoms with Crippen LogP contribution in [-0.2, 0) is 0 Å². The number of aromatic amines is 9. The maximum atomic E-state index is 10.4. The molecule has 0 aromatic carbocycles. The van der Waals surface area contributed by atoms with Gasteiger partial charge in [-0.15, -0.1) is 41.9 Å². The monoisotopic (exact) mass is 1270 g/mol. The molecule has 500 valence electrons. The Labute approximate surface area is 524 Å². The largest absolute Gasteiger partial charge is 0.434 e. The summed E-state index contributed by atoms with van der Waals surface area (Å²) in [6.07, 6.45) is 11.1. The number of anilines is 1. The number of rotatable bonds is 7. The Bertz CT molecular complexity index is 2940. The minimum absolute atomic E-state index is 0.138. The first kappa shape index (κ1) is 84.2. The Hall–Kier alpha value is -9.04. The third kappa shape index (κ3) is 51.9. The van der Waals surface area contributed by atoms with Crippen LogP contribution in [0.3, 0.4) is 0 Å². The lowest BCUT2D eigenvalue weighted by Crippen LogP contribution is -2.01. The molecule has 10 rings (SSSR count). The fourth-order valence-corrected chi connectivity index (χ4v) is 4.83. The van der Waals surface area contributed by atoms with Gasteiger partial charge >= 0.3 is 23.1 Å². The Kier molecular flexibility index (Phi) is 48.3. The van der Waals surface area contributed by atoms with Gasteiger partial charge in [0.15, 0.2) is 5.82 Å². The van der Waals surface area contributed by atoms with E-state index < -0.39 is 5.76 Å². The van der Waals surface area contributed by atoms with E-state index in [1.165, 1.54) is 30.9 Å². The second-order valence-corrected chi connectivity index (χ2v) is 23.7. The molecule has 0 saturated heterocycles. The van der Waals surface area contributed by atoms with Gasteiger partial charge in [-0.3, -0.25) is 14.9 Å². The van der Waals surface area contributed by atoms with E-state index in [4.69, 9.17) is 10.2 Å². The van der Waals surface area contributed by atoms with Gasteiger partial charge in [-0.05, 0) is 30.6 Å². The molecule has 10 aromatic rings. The number of aromatic nitrogens is 23. The maximum absolute atomic E-state index is 10.4. The van der Waals surface area contributed by atoms with Crippen molar-refractivity contribution in [3.05, 3.63) is 143 Å². The number of hydrogen-bond acceptors (Lipinski definition) is 24. The number of imidazole rings is 1. The molecule has 0 amide bonds. The summed E-state index contributed by atoms with van der Waals surface area (Å²) in [7, 11) is 0. The molecular formula is C56H102N24O8S. The average Bonchev–Trinajstić information content (AvgIpc) is 4.29. The lowest BCUT2D eigenvalue weighted by atomic mass is 10.2. The normalized spacial score (nSPS) is 9.91. The zero-order valence-corrected chi connectivity index (χ0v) is 57.3. The second-order valence-electron chi connectivity index (χ2n) is 22.5. The maximum Gasteiger partial charge on any atom is 0.434 e. The lowest BCUT2D eigenvalue weighted by molar-refractivity contribution is 0.391. The Morgan fingerprint density at radius 3 is 1.37 bits per heavy atom. The minimum atomic E-state index is -0.487. The van der Waals surface area contributed by atoms with Gasteiger partial charge in [-0.25, -0.2) is 39.7 Å². The molecule has 0 aliphatic heterocycles. The molecule has 11 N–H and O–H groups in total. The van der Waals surface area contributed by atoms with Crippen molar-refractivity contribution >= 4 is 17.4 Å². The molecule has 0 unspecified atom stereocenters. The number of nitrogens with one attached hydrogen (secondary N) is 9. The zero-order chi connectivity index (χ0) is 68.4. The summed E-state index contributed by atoms with van der Waals surface area (Å²) in [4.78, 5) is 53.4. The van der Waals surface area contributed by atoms with Crippen molar-refractivity contribution in [2.45, 2.75) is 208 Å². The number of tetrazole rings is 1. The fraction of sp³-hybridized carbons (Fsp3) is 0.607. The first-order valence-electron chi connectivity index (χ1n) is 28.9. The summed E-state index contributed by atoms with van der Waals surface area (Å²) in [5, 5.41) is 63.3. The van der Waals surface area contributed by atoms with Gasteiger partial charge in [0.05, 0.1) is 18.2 Å². The van der Waals surface area contributed by atoms with Gasteiger partial charge in [0, 0.05) is 66.2 Å². The highest BCUT2D eigenvalue weighted by Crippen LogP contribution is 2.17. The molecule has 32 nitrogen and oxygen atoms in total. The molecule has 0 aliphatic rings. The molecule has 0 radical (unpaired) electrons. The van der Waals surface area contributed by atoms with E-state index in [0.29, 0.717) is 41.3 Å². The molecular weight excluding hydrogens is 1170 g/mol. The van der Waals surface area contributed by atoms with Gasteiger partial charge < -0.3 is 28.6 Å². The number of nitrogens with zero attached hydrogens (tertiary/aromatic N) is 14. The predicted molar refractivity (Wildman–Crippen MR) is 344 cm³/mol. The fourth-order valence-electron chi connectivity index (χ4n) is 4.13. The molecule has 0 spiro atoms. The lowest BCUT2D eigenvalue weighted by Gasteiger charge is -1.93. The van der Waals surface area contributed by atoms with Crippen molar-refractivity contribution in [3.8, 4) is 0 Å². The third-order valence-electron chi connectivity index (χ3n) is 8.18. The van der Waals surface area contributed by atoms with Crippen molar-refractivity contribution in [2.75, 3.05) is 5.73 Å². The molecule has 0 saturated carbocycles. The van der Waals surface area contributed by atoms with Crippen LogP contribution >= 0.6 is 11.3 Å². The van der Waals surface area contributed by atoms with Gasteiger partial charge in [-0.2, -0.15) is 36.0 Å². The Morgan fingerprint density at radius 1 is 0.562 bits per heavy atom. The van der Waals surface area contributed by atoms with Crippen LogP contribution in [0, 0.1) is 24.7 Å². The summed E-state index contributed by atoms with van der Waals surface area (Å²) in [5.41, 5.74) is 5.42. The van der Waals surface area contributed by atoms with Crippen molar-refractivity contribution in [3.63, 3.8) is 0 Å². The first-order chi connectivity index (χ1) is 41.7. The van der Waals surface area contributed by atoms with E-state index in [1.807, 2.05) is 62.3 Å². The van der Waals surface area contributed by atoms with E-state index in [-0.39, 0.29) is 40.6 Å². The van der Waals surface area contributed by atoms with E-state index in [1.54, 1.807) is 36.3 Å². The van der Waals surface area contributed by atoms with Crippen LogP contribution in [0.2, 0.25) is 0 Å². The van der Waals surface area contributed by atoms with Crippen molar-refractivity contribution in [2.24, 2.45) is 17.8 Å². The Morgan fingerprint density at radius 2 is 1.18 bits per heavy atom. The highest BCUT2D eigenvalue weighted by molar-refractivity contribution is 7.11. The van der Waals surface area contributed by atoms with Crippen molar-refractivity contribution in [1.29, 1.82) is 0 Å². The average molecular weight is 1270 g/mol. The highest BCUT2D eigenvalue weighted by Gasteiger charge is 2.07. The SMILES string of the molecule is CC(C)C.CC(C)C.CC(C)C.CC(C)c1cn[nH]n1.CC(C)c1n[nH]c(=O)[nH]1.CC(C)c1n[nH]c(=O)o1.CC(C)c1ncn[nH]1.CC(C)c1nn[nH]n1.CC(C)c1nnc(N)o1.Cc1nnc(C(C)C)s1.O=c1cc[nH]o1.O=c1cco[nH]1.c1c[nH]cn1. The third-order valence-corrected chi connectivity index (χ3v) is 9.32. The molecule has 10 aromatic heterocycles. The summed E-state index contributed by atoms with van der Waals surface area (Å²) in [5.74, 6) is 8.03. The van der Waals surface area contributed by atoms with E-state index in [0.717, 1.165) is 45.1 Å². The Balaban J connectivity index is -0.000000908. The molecule has 0 fully saturated rings. The number of nitrogen functional groups attached to an aromatic ring is 1. The number of H-pyrrole nitrogens is 9. The number of nitrogens with two attached hydrogens (primary N) is 1.